The highest BCUT2D eigenvalue weighted by atomic mass is 16.5. The van der Waals surface area contributed by atoms with Crippen LogP contribution in [0.4, 0.5) is 0 Å². The Bertz CT molecular complexity index is 506. The molecule has 26 heavy (non-hydrogen) atoms. The SMILES string of the molecule is CCCCOCCCN=C(NCC)NCCC(=O)NCc1ccccc1. The van der Waals surface area contributed by atoms with E-state index in [-0.39, 0.29) is 5.91 Å². The van der Waals surface area contributed by atoms with E-state index in [1.807, 2.05) is 37.3 Å². The Balaban J connectivity index is 2.16. The van der Waals surface area contributed by atoms with Gasteiger partial charge in [-0.25, -0.2) is 0 Å². The molecule has 0 spiro atoms. The standard InChI is InChI=1S/C20H34N4O2/c1-3-5-15-26-16-9-13-22-20(21-4-2)23-14-12-19(25)24-17-18-10-7-6-8-11-18/h6-8,10-11H,3-5,9,12-17H2,1-2H3,(H,24,25)(H2,21,22,23). The molecule has 0 aliphatic carbocycles. The van der Waals surface area contributed by atoms with Crippen LogP contribution in [0.15, 0.2) is 35.3 Å². The molecule has 0 aliphatic heterocycles. The molecule has 1 amide bonds. The lowest BCUT2D eigenvalue weighted by Gasteiger charge is -2.11. The van der Waals surface area contributed by atoms with Gasteiger partial charge in [0.1, 0.15) is 0 Å². The Morgan fingerprint density at radius 1 is 1.04 bits per heavy atom. The predicted octanol–water partition coefficient (Wildman–Crippen LogP) is 2.45. The second kappa shape index (κ2) is 15.2. The number of hydrogen-bond donors (Lipinski definition) is 3. The van der Waals surface area contributed by atoms with Crippen LogP contribution in [0.3, 0.4) is 0 Å². The minimum absolute atomic E-state index is 0.0292. The zero-order valence-electron chi connectivity index (χ0n) is 16.2. The van der Waals surface area contributed by atoms with Gasteiger partial charge in [0.2, 0.25) is 5.91 Å². The van der Waals surface area contributed by atoms with Gasteiger partial charge in [-0.15, -0.1) is 0 Å². The lowest BCUT2D eigenvalue weighted by molar-refractivity contribution is -0.121. The van der Waals surface area contributed by atoms with Gasteiger partial charge >= 0.3 is 0 Å². The van der Waals surface area contributed by atoms with Crippen molar-refractivity contribution in [3.63, 3.8) is 0 Å². The molecule has 0 aromatic heterocycles. The molecule has 146 valence electrons. The van der Waals surface area contributed by atoms with Crippen molar-refractivity contribution in [2.75, 3.05) is 32.8 Å². The molecule has 3 N–H and O–H groups in total. The number of nitrogens with one attached hydrogen (secondary N) is 3. The van der Waals surface area contributed by atoms with Crippen LogP contribution < -0.4 is 16.0 Å². The van der Waals surface area contributed by atoms with E-state index < -0.39 is 0 Å². The Morgan fingerprint density at radius 3 is 2.54 bits per heavy atom. The van der Waals surface area contributed by atoms with Gasteiger partial charge in [-0.1, -0.05) is 43.7 Å². The Hall–Kier alpha value is -2.08. The number of aliphatic imine (C=N–C) groups is 1. The zero-order chi connectivity index (χ0) is 18.9. The number of amides is 1. The van der Waals surface area contributed by atoms with E-state index in [1.165, 1.54) is 0 Å². The van der Waals surface area contributed by atoms with Crippen LogP contribution in [-0.2, 0) is 16.1 Å². The molecule has 0 radical (unpaired) electrons. The van der Waals surface area contributed by atoms with Crippen LogP contribution in [0.25, 0.3) is 0 Å². The van der Waals surface area contributed by atoms with Gasteiger partial charge in [-0.2, -0.15) is 0 Å². The van der Waals surface area contributed by atoms with Crippen molar-refractivity contribution >= 4 is 11.9 Å². The fraction of sp³-hybridized carbons (Fsp3) is 0.600. The van der Waals surface area contributed by atoms with Crippen LogP contribution in [0, 0.1) is 0 Å². The second-order valence-corrected chi connectivity index (χ2v) is 6.02. The van der Waals surface area contributed by atoms with Gasteiger partial charge in [0.05, 0.1) is 0 Å². The largest absolute Gasteiger partial charge is 0.381 e. The van der Waals surface area contributed by atoms with E-state index >= 15 is 0 Å². The van der Waals surface area contributed by atoms with E-state index in [4.69, 9.17) is 4.74 Å². The highest BCUT2D eigenvalue weighted by molar-refractivity contribution is 5.81. The maximum Gasteiger partial charge on any atom is 0.222 e. The van der Waals surface area contributed by atoms with Gasteiger partial charge < -0.3 is 20.7 Å². The molecule has 1 rings (SSSR count). The molecule has 0 atom stereocenters. The minimum atomic E-state index is 0.0292. The highest BCUT2D eigenvalue weighted by Crippen LogP contribution is 1.97. The van der Waals surface area contributed by atoms with Gasteiger partial charge in [0.15, 0.2) is 5.96 Å². The third kappa shape index (κ3) is 11.5. The normalized spacial score (nSPS) is 11.2. The average Bonchev–Trinajstić information content (AvgIpc) is 2.66. The third-order valence-electron chi connectivity index (χ3n) is 3.68. The molecule has 0 bridgehead atoms. The lowest BCUT2D eigenvalue weighted by atomic mass is 10.2. The number of nitrogens with zero attached hydrogens (tertiary/aromatic N) is 1. The number of guanidine groups is 1. The first-order valence-corrected chi connectivity index (χ1v) is 9.66. The summed E-state index contributed by atoms with van der Waals surface area (Å²) in [5.74, 6) is 0.776. The van der Waals surface area contributed by atoms with E-state index in [0.717, 1.165) is 50.5 Å². The van der Waals surface area contributed by atoms with Crippen molar-refractivity contribution in [2.24, 2.45) is 4.99 Å². The molecular formula is C20H34N4O2. The average molecular weight is 363 g/mol. The quantitative estimate of drug-likeness (QED) is 0.286. The first-order valence-electron chi connectivity index (χ1n) is 9.66. The van der Waals surface area contributed by atoms with Crippen molar-refractivity contribution < 1.29 is 9.53 Å². The van der Waals surface area contributed by atoms with Crippen molar-refractivity contribution in [1.29, 1.82) is 0 Å². The van der Waals surface area contributed by atoms with E-state index in [9.17, 15) is 4.79 Å². The summed E-state index contributed by atoms with van der Waals surface area (Å²) in [6.07, 6.45) is 3.58. The smallest absolute Gasteiger partial charge is 0.222 e. The maximum absolute atomic E-state index is 11.9. The van der Waals surface area contributed by atoms with E-state index in [1.54, 1.807) is 0 Å². The molecule has 6 heteroatoms. The van der Waals surface area contributed by atoms with E-state index in [0.29, 0.717) is 26.1 Å². The first kappa shape index (κ1) is 22.0. The Labute approximate surface area is 157 Å². The molecule has 1 aromatic rings. The number of benzene rings is 1. The van der Waals surface area contributed by atoms with E-state index in [2.05, 4.69) is 27.9 Å². The molecule has 0 aliphatic rings. The lowest BCUT2D eigenvalue weighted by Crippen LogP contribution is -2.39. The van der Waals surface area contributed by atoms with Gasteiger partial charge in [-0.3, -0.25) is 9.79 Å². The summed E-state index contributed by atoms with van der Waals surface area (Å²) in [5.41, 5.74) is 1.10. The Morgan fingerprint density at radius 2 is 1.81 bits per heavy atom. The second-order valence-electron chi connectivity index (χ2n) is 6.02. The number of rotatable bonds is 13. The van der Waals surface area contributed by atoms with Gasteiger partial charge in [0, 0.05) is 45.8 Å². The predicted molar refractivity (Wildman–Crippen MR) is 107 cm³/mol. The molecule has 0 saturated heterocycles. The summed E-state index contributed by atoms with van der Waals surface area (Å²) in [4.78, 5) is 16.4. The number of ether oxygens (including phenoxy) is 1. The summed E-state index contributed by atoms with van der Waals surface area (Å²) in [7, 11) is 0. The number of hydrogen-bond acceptors (Lipinski definition) is 3. The van der Waals surface area contributed by atoms with Crippen molar-refractivity contribution in [2.45, 2.75) is 46.1 Å². The molecule has 6 nitrogen and oxygen atoms in total. The molecular weight excluding hydrogens is 328 g/mol. The van der Waals surface area contributed by atoms with Crippen LogP contribution in [-0.4, -0.2) is 44.7 Å². The number of carbonyl (C=O) groups excluding carboxylic acids is 1. The monoisotopic (exact) mass is 362 g/mol. The fourth-order valence-electron chi connectivity index (χ4n) is 2.23. The fourth-order valence-corrected chi connectivity index (χ4v) is 2.23. The third-order valence-corrected chi connectivity index (χ3v) is 3.68. The Kier molecular flexibility index (Phi) is 12.8. The summed E-state index contributed by atoms with van der Waals surface area (Å²) in [6, 6.07) is 9.91. The van der Waals surface area contributed by atoms with Crippen LogP contribution >= 0.6 is 0 Å². The molecule has 0 saturated carbocycles. The summed E-state index contributed by atoms with van der Waals surface area (Å²) < 4.78 is 5.53. The molecule has 0 unspecified atom stereocenters. The summed E-state index contributed by atoms with van der Waals surface area (Å²) in [6.45, 7) is 8.37. The van der Waals surface area contributed by atoms with Crippen molar-refractivity contribution in [1.82, 2.24) is 16.0 Å². The van der Waals surface area contributed by atoms with Crippen LogP contribution in [0.5, 0.6) is 0 Å². The summed E-state index contributed by atoms with van der Waals surface area (Å²) in [5, 5.41) is 9.32. The first-order chi connectivity index (χ1) is 12.8. The maximum atomic E-state index is 11.9. The minimum Gasteiger partial charge on any atom is -0.381 e. The molecule has 0 fully saturated rings. The van der Waals surface area contributed by atoms with Crippen LogP contribution in [0.2, 0.25) is 0 Å². The molecule has 1 aromatic carbocycles. The summed E-state index contributed by atoms with van der Waals surface area (Å²) >= 11 is 0. The molecule has 0 heterocycles. The topological polar surface area (TPSA) is 74.8 Å². The van der Waals surface area contributed by atoms with Gasteiger partial charge in [0.25, 0.3) is 0 Å². The van der Waals surface area contributed by atoms with Crippen LogP contribution in [0.1, 0.15) is 45.1 Å². The van der Waals surface area contributed by atoms with Crippen molar-refractivity contribution in [3.05, 3.63) is 35.9 Å². The zero-order valence-corrected chi connectivity index (χ0v) is 16.2. The number of carbonyl (C=O) groups is 1. The van der Waals surface area contributed by atoms with Crippen molar-refractivity contribution in [3.8, 4) is 0 Å². The number of unbranched alkanes of at least 4 members (excludes halogenated alkanes) is 1. The van der Waals surface area contributed by atoms with Gasteiger partial charge in [-0.05, 0) is 25.3 Å². The highest BCUT2D eigenvalue weighted by Gasteiger charge is 2.02.